The van der Waals surface area contributed by atoms with E-state index in [-0.39, 0.29) is 17.0 Å². The molecule has 0 spiro atoms. The molecule has 0 fully saturated rings. The summed E-state index contributed by atoms with van der Waals surface area (Å²) in [6.07, 6.45) is 5.37. The van der Waals surface area contributed by atoms with Gasteiger partial charge in [0.1, 0.15) is 12.0 Å². The van der Waals surface area contributed by atoms with E-state index in [1.165, 1.54) is 18.2 Å². The topological polar surface area (TPSA) is 69.4 Å². The van der Waals surface area contributed by atoms with E-state index in [1.807, 2.05) is 6.92 Å². The van der Waals surface area contributed by atoms with E-state index in [1.54, 1.807) is 0 Å². The molecule has 0 rings (SSSR count). The first-order valence-electron chi connectivity index (χ1n) is 5.90. The van der Waals surface area contributed by atoms with Crippen molar-refractivity contribution in [2.24, 2.45) is 5.73 Å². The average molecular weight is 273 g/mol. The van der Waals surface area contributed by atoms with Gasteiger partial charge in [0.05, 0.1) is 11.3 Å². The number of hydrogen-bond acceptors (Lipinski definition) is 4. The molecular formula is C16H19NO3. The lowest BCUT2D eigenvalue weighted by atomic mass is 10.1. The van der Waals surface area contributed by atoms with E-state index in [9.17, 15) is 9.59 Å². The molecule has 0 aromatic rings. The summed E-state index contributed by atoms with van der Waals surface area (Å²) in [5, 5.41) is 0. The van der Waals surface area contributed by atoms with E-state index in [4.69, 9.17) is 10.5 Å². The normalized spacial score (nSPS) is 11.4. The summed E-state index contributed by atoms with van der Waals surface area (Å²) >= 11 is 0. The van der Waals surface area contributed by atoms with Crippen LogP contribution in [0.1, 0.15) is 13.3 Å². The van der Waals surface area contributed by atoms with Crippen molar-refractivity contribution >= 4 is 12.3 Å². The summed E-state index contributed by atoms with van der Waals surface area (Å²) in [6, 6.07) is 0. The molecule has 4 heteroatoms. The molecule has 0 heterocycles. The first kappa shape index (κ1) is 17.4. The van der Waals surface area contributed by atoms with Crippen molar-refractivity contribution in [2.45, 2.75) is 13.3 Å². The van der Waals surface area contributed by atoms with Crippen LogP contribution < -0.4 is 5.73 Å². The number of carbonyl (C=O) groups is 2. The second-order valence-electron chi connectivity index (χ2n) is 3.88. The van der Waals surface area contributed by atoms with Crippen molar-refractivity contribution in [3.63, 3.8) is 0 Å². The molecular weight excluding hydrogens is 254 g/mol. The smallest absolute Gasteiger partial charge is 0.343 e. The Kier molecular flexibility index (Phi) is 7.37. The Balaban J connectivity index is 5.03. The molecule has 0 aliphatic carbocycles. The van der Waals surface area contributed by atoms with Crippen LogP contribution in [0.3, 0.4) is 0 Å². The van der Waals surface area contributed by atoms with Crippen LogP contribution in [0.25, 0.3) is 0 Å². The number of hydrogen-bond donors (Lipinski definition) is 1. The van der Waals surface area contributed by atoms with Crippen molar-refractivity contribution in [3.05, 3.63) is 72.7 Å². The number of allylic oxidation sites excluding steroid dienone is 4. The second kappa shape index (κ2) is 8.48. The van der Waals surface area contributed by atoms with Gasteiger partial charge in [0.15, 0.2) is 0 Å². The highest BCUT2D eigenvalue weighted by molar-refractivity contribution is 5.94. The number of ether oxygens (including phenoxy) is 1. The van der Waals surface area contributed by atoms with Crippen LogP contribution in [0.5, 0.6) is 0 Å². The Morgan fingerprint density at radius 1 is 1.30 bits per heavy atom. The van der Waals surface area contributed by atoms with Gasteiger partial charge in [-0.1, -0.05) is 39.3 Å². The van der Waals surface area contributed by atoms with Gasteiger partial charge >= 0.3 is 5.97 Å². The molecule has 2 N–H and O–H groups in total. The quantitative estimate of drug-likeness (QED) is 0.243. The molecule has 0 aromatic heterocycles. The molecule has 0 aliphatic heterocycles. The van der Waals surface area contributed by atoms with E-state index in [2.05, 4.69) is 26.3 Å². The molecule has 0 radical (unpaired) electrons. The third-order valence-electron chi connectivity index (χ3n) is 2.34. The fourth-order valence-corrected chi connectivity index (χ4v) is 1.18. The zero-order chi connectivity index (χ0) is 15.7. The van der Waals surface area contributed by atoms with Crippen LogP contribution in [0.2, 0.25) is 0 Å². The number of nitrogens with two attached hydrogens (primary N) is 1. The summed E-state index contributed by atoms with van der Waals surface area (Å²) in [5.41, 5.74) is 6.74. The lowest BCUT2D eigenvalue weighted by molar-refractivity contribution is -0.134. The Bertz CT molecular complexity index is 522. The minimum absolute atomic E-state index is 0.0514. The van der Waals surface area contributed by atoms with Gasteiger partial charge in [-0.25, -0.2) is 4.79 Å². The van der Waals surface area contributed by atoms with Crippen molar-refractivity contribution in [1.29, 1.82) is 0 Å². The Morgan fingerprint density at radius 3 is 2.35 bits per heavy atom. The largest absolute Gasteiger partial charge is 0.421 e. The van der Waals surface area contributed by atoms with E-state index >= 15 is 0 Å². The van der Waals surface area contributed by atoms with E-state index in [0.717, 1.165) is 0 Å². The molecule has 0 aromatic carbocycles. The summed E-state index contributed by atoms with van der Waals surface area (Å²) in [7, 11) is 0. The van der Waals surface area contributed by atoms with E-state index < -0.39 is 5.97 Å². The Morgan fingerprint density at radius 2 is 1.90 bits per heavy atom. The predicted molar refractivity (Wildman–Crippen MR) is 80.4 cm³/mol. The lowest BCUT2D eigenvalue weighted by Gasteiger charge is -2.11. The Hall–Kier alpha value is -2.62. The summed E-state index contributed by atoms with van der Waals surface area (Å²) in [6.45, 7) is 16.1. The molecule has 20 heavy (non-hydrogen) atoms. The van der Waals surface area contributed by atoms with Gasteiger partial charge in [0, 0.05) is 5.57 Å². The Labute approximate surface area is 119 Å². The molecule has 4 nitrogen and oxygen atoms in total. The van der Waals surface area contributed by atoms with Crippen LogP contribution >= 0.6 is 0 Å². The maximum Gasteiger partial charge on any atom is 0.343 e. The first-order valence-corrected chi connectivity index (χ1v) is 5.90. The number of carbonyl (C=O) groups excluding carboxylic acids is 2. The van der Waals surface area contributed by atoms with Crippen molar-refractivity contribution in [3.8, 4) is 0 Å². The highest BCUT2D eigenvalue weighted by atomic mass is 16.5. The number of aldehydes is 1. The SMILES string of the molecule is C=C/C=C(\C(=C)CC)C(=O)OC(=C)/C(N)=C\C(=C)C=O. The monoisotopic (exact) mass is 273 g/mol. The highest BCUT2D eigenvalue weighted by Gasteiger charge is 2.15. The lowest BCUT2D eigenvalue weighted by Crippen LogP contribution is -2.13. The maximum absolute atomic E-state index is 12.0. The minimum atomic E-state index is -0.630. The average Bonchev–Trinajstić information content (AvgIpc) is 2.43. The van der Waals surface area contributed by atoms with Gasteiger partial charge in [0.25, 0.3) is 0 Å². The first-order chi connectivity index (χ1) is 9.37. The van der Waals surface area contributed by atoms with Gasteiger partial charge in [0.2, 0.25) is 0 Å². The zero-order valence-electron chi connectivity index (χ0n) is 11.6. The number of esters is 1. The third-order valence-corrected chi connectivity index (χ3v) is 2.34. The molecule has 0 saturated heterocycles. The van der Waals surface area contributed by atoms with Crippen molar-refractivity contribution in [1.82, 2.24) is 0 Å². The standard InChI is InChI=1S/C16H19NO3/c1-6-8-14(12(4)7-2)16(19)20-13(5)15(17)9-11(3)10-18/h6,8-10H,1,3-5,7,17H2,2H3/b14-8+,15-9+. The predicted octanol–water partition coefficient (Wildman–Crippen LogP) is 2.72. The van der Waals surface area contributed by atoms with Crippen LogP contribution in [0.15, 0.2) is 72.7 Å². The molecule has 0 bridgehead atoms. The van der Waals surface area contributed by atoms with Gasteiger partial charge < -0.3 is 10.5 Å². The fraction of sp³-hybridized carbons (Fsp3) is 0.125. The summed E-state index contributed by atoms with van der Waals surface area (Å²) in [5.74, 6) is -0.688. The van der Waals surface area contributed by atoms with Crippen molar-refractivity contribution < 1.29 is 14.3 Å². The molecule has 0 unspecified atom stereocenters. The van der Waals surface area contributed by atoms with Crippen LogP contribution in [0, 0.1) is 0 Å². The van der Waals surface area contributed by atoms with Gasteiger partial charge in [-0.2, -0.15) is 0 Å². The maximum atomic E-state index is 12.0. The molecule has 106 valence electrons. The van der Waals surface area contributed by atoms with Crippen molar-refractivity contribution in [2.75, 3.05) is 0 Å². The number of rotatable bonds is 8. The molecule has 0 aliphatic rings. The summed E-state index contributed by atoms with van der Waals surface area (Å²) < 4.78 is 5.03. The second-order valence-corrected chi connectivity index (χ2v) is 3.88. The minimum Gasteiger partial charge on any atom is -0.421 e. The third kappa shape index (κ3) is 5.35. The summed E-state index contributed by atoms with van der Waals surface area (Å²) in [4.78, 5) is 22.4. The zero-order valence-corrected chi connectivity index (χ0v) is 11.6. The highest BCUT2D eigenvalue weighted by Crippen LogP contribution is 2.16. The van der Waals surface area contributed by atoms with E-state index in [0.29, 0.717) is 23.9 Å². The molecule has 0 amide bonds. The van der Waals surface area contributed by atoms with Gasteiger partial charge in [-0.05, 0) is 24.1 Å². The van der Waals surface area contributed by atoms with Gasteiger partial charge in [-0.15, -0.1) is 0 Å². The molecule has 0 atom stereocenters. The van der Waals surface area contributed by atoms with Crippen LogP contribution in [-0.2, 0) is 14.3 Å². The van der Waals surface area contributed by atoms with Gasteiger partial charge in [-0.3, -0.25) is 4.79 Å². The van der Waals surface area contributed by atoms with Crippen LogP contribution in [0.4, 0.5) is 0 Å². The fourth-order valence-electron chi connectivity index (χ4n) is 1.18. The van der Waals surface area contributed by atoms with Crippen LogP contribution in [-0.4, -0.2) is 12.3 Å². The molecule has 0 saturated carbocycles.